The van der Waals surface area contributed by atoms with E-state index in [1.54, 1.807) is 17.0 Å². The number of rotatable bonds is 2. The lowest BCUT2D eigenvalue weighted by molar-refractivity contribution is 0.0488. The molecule has 4 atom stereocenters. The molecule has 4 unspecified atom stereocenters. The number of imidazole rings is 1. The summed E-state index contributed by atoms with van der Waals surface area (Å²) in [6.45, 7) is 6.05. The molecular weight excluding hydrogens is 204 g/mol. The highest BCUT2D eigenvalue weighted by molar-refractivity contribution is 5.95. The quantitative estimate of drug-likeness (QED) is 0.715. The fourth-order valence-corrected chi connectivity index (χ4v) is 2.47. The van der Waals surface area contributed by atoms with E-state index in [0.29, 0.717) is 5.82 Å². The van der Waals surface area contributed by atoms with Crippen LogP contribution in [0.2, 0.25) is 0 Å². The molecule has 4 heteroatoms. The molecule has 0 N–H and O–H groups in total. The Morgan fingerprint density at radius 2 is 2.06 bits per heavy atom. The Morgan fingerprint density at radius 1 is 1.38 bits per heavy atom. The van der Waals surface area contributed by atoms with E-state index in [1.165, 1.54) is 0 Å². The molecule has 16 heavy (non-hydrogen) atoms. The number of aromatic nitrogens is 2. The van der Waals surface area contributed by atoms with E-state index in [2.05, 4.69) is 11.9 Å². The number of carbonyl (C=O) groups is 1. The minimum atomic E-state index is -0.0731. The second kappa shape index (κ2) is 4.01. The SMILES string of the molecule is CC1OC(C)C(C(=O)c2nccn2C)C1C. The third-order valence-electron chi connectivity index (χ3n) is 3.59. The maximum absolute atomic E-state index is 12.3. The van der Waals surface area contributed by atoms with Gasteiger partial charge in [0, 0.05) is 19.4 Å². The first kappa shape index (κ1) is 11.3. The van der Waals surface area contributed by atoms with Crippen molar-refractivity contribution < 1.29 is 9.53 Å². The Bertz CT molecular complexity index is 399. The highest BCUT2D eigenvalue weighted by atomic mass is 16.5. The number of carbonyl (C=O) groups excluding carboxylic acids is 1. The second-order valence-electron chi connectivity index (χ2n) is 4.66. The third kappa shape index (κ3) is 1.67. The molecule has 0 aliphatic carbocycles. The molecule has 1 aromatic heterocycles. The van der Waals surface area contributed by atoms with Gasteiger partial charge >= 0.3 is 0 Å². The zero-order valence-corrected chi connectivity index (χ0v) is 10.2. The van der Waals surface area contributed by atoms with Gasteiger partial charge in [0.15, 0.2) is 5.82 Å². The largest absolute Gasteiger partial charge is 0.374 e. The summed E-state index contributed by atoms with van der Waals surface area (Å²) in [5.41, 5.74) is 0. The minimum Gasteiger partial charge on any atom is -0.374 e. The third-order valence-corrected chi connectivity index (χ3v) is 3.59. The summed E-state index contributed by atoms with van der Waals surface area (Å²) in [6, 6.07) is 0. The van der Waals surface area contributed by atoms with Crippen LogP contribution in [0.4, 0.5) is 0 Å². The van der Waals surface area contributed by atoms with Crippen LogP contribution in [0.3, 0.4) is 0 Å². The minimum absolute atomic E-state index is 0.0193. The van der Waals surface area contributed by atoms with Crippen molar-refractivity contribution in [2.75, 3.05) is 0 Å². The molecule has 0 spiro atoms. The standard InChI is InChI=1S/C12H18N2O2/c1-7-8(2)16-9(3)10(7)11(15)12-13-5-6-14(12)4/h5-10H,1-4H3. The van der Waals surface area contributed by atoms with Gasteiger partial charge in [-0.2, -0.15) is 0 Å². The first-order chi connectivity index (χ1) is 7.52. The van der Waals surface area contributed by atoms with Gasteiger partial charge in [-0.3, -0.25) is 4.79 Å². The van der Waals surface area contributed by atoms with E-state index < -0.39 is 0 Å². The molecule has 2 rings (SSSR count). The van der Waals surface area contributed by atoms with Crippen LogP contribution in [0.5, 0.6) is 0 Å². The van der Waals surface area contributed by atoms with E-state index >= 15 is 0 Å². The molecule has 1 aliphatic rings. The lowest BCUT2D eigenvalue weighted by Gasteiger charge is -2.16. The molecule has 1 fully saturated rings. The van der Waals surface area contributed by atoms with Crippen LogP contribution in [-0.4, -0.2) is 27.5 Å². The fraction of sp³-hybridized carbons (Fsp3) is 0.667. The van der Waals surface area contributed by atoms with Crippen LogP contribution in [0.1, 0.15) is 31.4 Å². The van der Waals surface area contributed by atoms with Crippen LogP contribution in [0.25, 0.3) is 0 Å². The number of ether oxygens (including phenoxy) is 1. The second-order valence-corrected chi connectivity index (χ2v) is 4.66. The van der Waals surface area contributed by atoms with E-state index in [0.717, 1.165) is 0 Å². The summed E-state index contributed by atoms with van der Waals surface area (Å²) in [7, 11) is 1.84. The van der Waals surface area contributed by atoms with Gasteiger partial charge in [0.05, 0.1) is 18.1 Å². The van der Waals surface area contributed by atoms with Crippen LogP contribution < -0.4 is 0 Å². The van der Waals surface area contributed by atoms with Gasteiger partial charge in [-0.1, -0.05) is 6.92 Å². The number of aryl methyl sites for hydroxylation is 1. The van der Waals surface area contributed by atoms with E-state index in [-0.39, 0.29) is 29.8 Å². The van der Waals surface area contributed by atoms with Gasteiger partial charge in [-0.25, -0.2) is 4.98 Å². The maximum atomic E-state index is 12.3. The molecule has 2 heterocycles. The zero-order valence-electron chi connectivity index (χ0n) is 10.2. The number of hydrogen-bond donors (Lipinski definition) is 0. The number of hydrogen-bond acceptors (Lipinski definition) is 3. The Hall–Kier alpha value is -1.16. The predicted molar refractivity (Wildman–Crippen MR) is 60.2 cm³/mol. The van der Waals surface area contributed by atoms with Gasteiger partial charge in [0.25, 0.3) is 0 Å². The molecule has 0 radical (unpaired) electrons. The topological polar surface area (TPSA) is 44.1 Å². The van der Waals surface area contributed by atoms with Crippen LogP contribution in [0, 0.1) is 11.8 Å². The van der Waals surface area contributed by atoms with Gasteiger partial charge in [0.1, 0.15) is 0 Å². The van der Waals surface area contributed by atoms with Crippen molar-refractivity contribution in [1.29, 1.82) is 0 Å². The molecule has 0 aromatic carbocycles. The molecule has 1 aromatic rings. The van der Waals surface area contributed by atoms with Crippen molar-refractivity contribution in [3.05, 3.63) is 18.2 Å². The van der Waals surface area contributed by atoms with Crippen molar-refractivity contribution in [3.63, 3.8) is 0 Å². The molecule has 0 amide bonds. The average molecular weight is 222 g/mol. The normalized spacial score (nSPS) is 34.2. The summed E-state index contributed by atoms with van der Waals surface area (Å²) in [4.78, 5) is 16.4. The van der Waals surface area contributed by atoms with Crippen molar-refractivity contribution in [3.8, 4) is 0 Å². The Balaban J connectivity index is 2.26. The van der Waals surface area contributed by atoms with Gasteiger partial charge in [-0.05, 0) is 19.8 Å². The lowest BCUT2D eigenvalue weighted by atomic mass is 9.86. The number of Topliss-reactive ketones (excluding diaryl/α,β-unsaturated/α-hetero) is 1. The highest BCUT2D eigenvalue weighted by Crippen LogP contribution is 2.34. The zero-order chi connectivity index (χ0) is 11.9. The smallest absolute Gasteiger partial charge is 0.204 e. The van der Waals surface area contributed by atoms with Crippen LogP contribution >= 0.6 is 0 Å². The van der Waals surface area contributed by atoms with Crippen LogP contribution in [-0.2, 0) is 11.8 Å². The molecule has 1 aliphatic heterocycles. The van der Waals surface area contributed by atoms with E-state index in [9.17, 15) is 4.79 Å². The monoisotopic (exact) mass is 222 g/mol. The molecular formula is C12H18N2O2. The summed E-state index contributed by atoms with van der Waals surface area (Å²) in [5, 5.41) is 0. The summed E-state index contributed by atoms with van der Waals surface area (Å²) in [6.07, 6.45) is 3.57. The van der Waals surface area contributed by atoms with Crippen molar-refractivity contribution in [2.45, 2.75) is 33.0 Å². The van der Waals surface area contributed by atoms with Crippen LogP contribution in [0.15, 0.2) is 12.4 Å². The average Bonchev–Trinajstić information content (AvgIpc) is 2.73. The predicted octanol–water partition coefficient (Wildman–Crippen LogP) is 1.66. The lowest BCUT2D eigenvalue weighted by Crippen LogP contribution is -2.28. The molecule has 4 nitrogen and oxygen atoms in total. The molecule has 1 saturated heterocycles. The summed E-state index contributed by atoms with van der Waals surface area (Å²) in [5.74, 6) is 0.800. The Morgan fingerprint density at radius 3 is 2.50 bits per heavy atom. The molecule has 0 bridgehead atoms. The molecule has 88 valence electrons. The first-order valence-electron chi connectivity index (χ1n) is 5.69. The van der Waals surface area contributed by atoms with E-state index in [1.807, 2.05) is 20.9 Å². The van der Waals surface area contributed by atoms with Gasteiger partial charge in [0.2, 0.25) is 5.78 Å². The summed E-state index contributed by atoms with van der Waals surface area (Å²) < 4.78 is 7.46. The number of ketones is 1. The van der Waals surface area contributed by atoms with Crippen molar-refractivity contribution in [2.24, 2.45) is 18.9 Å². The highest BCUT2D eigenvalue weighted by Gasteiger charge is 2.42. The first-order valence-corrected chi connectivity index (χ1v) is 5.69. The van der Waals surface area contributed by atoms with Gasteiger partial charge in [-0.15, -0.1) is 0 Å². The maximum Gasteiger partial charge on any atom is 0.204 e. The van der Waals surface area contributed by atoms with Gasteiger partial charge < -0.3 is 9.30 Å². The van der Waals surface area contributed by atoms with Crippen molar-refractivity contribution in [1.82, 2.24) is 9.55 Å². The number of nitrogens with zero attached hydrogens (tertiary/aromatic N) is 2. The Labute approximate surface area is 95.6 Å². The molecule has 0 saturated carbocycles. The Kier molecular flexibility index (Phi) is 2.84. The summed E-state index contributed by atoms with van der Waals surface area (Å²) >= 11 is 0. The van der Waals surface area contributed by atoms with Crippen molar-refractivity contribution >= 4 is 5.78 Å². The fourth-order valence-electron chi connectivity index (χ4n) is 2.47. The van der Waals surface area contributed by atoms with E-state index in [4.69, 9.17) is 4.74 Å².